The minimum atomic E-state index is -3.69. The van der Waals surface area contributed by atoms with E-state index in [1.54, 1.807) is 0 Å². The van der Waals surface area contributed by atoms with Crippen LogP contribution in [0.1, 0.15) is 43.0 Å². The molecular formula is C16H24N2O4S. The number of benzene rings is 1. The highest BCUT2D eigenvalue weighted by Crippen LogP contribution is 2.24. The van der Waals surface area contributed by atoms with Crippen LogP contribution >= 0.6 is 0 Å². The third-order valence-corrected chi connectivity index (χ3v) is 6.13. The highest BCUT2D eigenvalue weighted by molar-refractivity contribution is 7.89. The first-order valence-corrected chi connectivity index (χ1v) is 9.24. The van der Waals surface area contributed by atoms with E-state index in [0.717, 1.165) is 23.7 Å². The Bertz CT molecular complexity index is 643. The molecule has 0 radical (unpaired) electrons. The first kappa shape index (κ1) is 17.9. The molecule has 0 saturated heterocycles. The Hall–Kier alpha value is -1.44. The molecule has 0 spiro atoms. The van der Waals surface area contributed by atoms with Crippen molar-refractivity contribution < 1.29 is 18.0 Å². The van der Waals surface area contributed by atoms with Crippen LogP contribution in [0.4, 0.5) is 0 Å². The fourth-order valence-corrected chi connectivity index (χ4v) is 3.78. The number of amides is 1. The van der Waals surface area contributed by atoms with Gasteiger partial charge < -0.3 is 5.32 Å². The zero-order chi connectivity index (χ0) is 17.0. The molecule has 1 saturated carbocycles. The standard InChI is InChI=1S/C16H24N2O4S/c1-12-6-4-5-7-15(12)17-16(19)13-8-10-14(11-9-13)23(20,21)18(2)22-3/h8-12,15H,4-7H2,1-3H3,(H,17,19)/t12-,15+/m1/s1. The molecule has 0 aliphatic heterocycles. The lowest BCUT2D eigenvalue weighted by Crippen LogP contribution is -2.41. The van der Waals surface area contributed by atoms with Crippen molar-refractivity contribution in [3.63, 3.8) is 0 Å². The summed E-state index contributed by atoms with van der Waals surface area (Å²) in [6.45, 7) is 2.15. The number of sulfonamides is 1. The van der Waals surface area contributed by atoms with Crippen LogP contribution in [0.15, 0.2) is 29.2 Å². The van der Waals surface area contributed by atoms with Gasteiger partial charge in [0, 0.05) is 18.7 Å². The number of carbonyl (C=O) groups excluding carboxylic acids is 1. The van der Waals surface area contributed by atoms with Crippen LogP contribution in [0.2, 0.25) is 0 Å². The average molecular weight is 340 g/mol. The van der Waals surface area contributed by atoms with Crippen molar-refractivity contribution in [2.75, 3.05) is 14.2 Å². The van der Waals surface area contributed by atoms with Gasteiger partial charge in [0.05, 0.1) is 12.0 Å². The van der Waals surface area contributed by atoms with E-state index < -0.39 is 10.0 Å². The second kappa shape index (κ2) is 7.42. The van der Waals surface area contributed by atoms with Crippen LogP contribution in [-0.2, 0) is 14.9 Å². The second-order valence-electron chi connectivity index (χ2n) is 5.96. The van der Waals surface area contributed by atoms with Crippen LogP contribution in [0, 0.1) is 5.92 Å². The van der Waals surface area contributed by atoms with Crippen molar-refractivity contribution in [3.05, 3.63) is 29.8 Å². The van der Waals surface area contributed by atoms with E-state index in [-0.39, 0.29) is 16.8 Å². The van der Waals surface area contributed by atoms with Crippen LogP contribution in [0.25, 0.3) is 0 Å². The number of carbonyl (C=O) groups is 1. The van der Waals surface area contributed by atoms with E-state index >= 15 is 0 Å². The van der Waals surface area contributed by atoms with Crippen molar-refractivity contribution in [1.82, 2.24) is 9.79 Å². The molecule has 1 aromatic rings. The monoisotopic (exact) mass is 340 g/mol. The predicted octanol–water partition coefficient (Wildman–Crippen LogP) is 2.18. The third kappa shape index (κ3) is 4.10. The Morgan fingerprint density at radius 1 is 1.22 bits per heavy atom. The van der Waals surface area contributed by atoms with Gasteiger partial charge in [-0.25, -0.2) is 8.42 Å². The number of hydrogen-bond acceptors (Lipinski definition) is 4. The van der Waals surface area contributed by atoms with E-state index in [4.69, 9.17) is 4.84 Å². The highest BCUT2D eigenvalue weighted by atomic mass is 32.2. The number of hydroxylamine groups is 1. The average Bonchev–Trinajstić information content (AvgIpc) is 2.56. The van der Waals surface area contributed by atoms with Crippen LogP contribution < -0.4 is 5.32 Å². The molecular weight excluding hydrogens is 316 g/mol. The second-order valence-corrected chi connectivity index (χ2v) is 7.90. The van der Waals surface area contributed by atoms with Gasteiger partial charge in [-0.1, -0.05) is 24.2 Å². The van der Waals surface area contributed by atoms with Crippen molar-refractivity contribution in [2.24, 2.45) is 5.92 Å². The van der Waals surface area contributed by atoms with Gasteiger partial charge in [0.2, 0.25) is 0 Å². The first-order valence-electron chi connectivity index (χ1n) is 7.80. The van der Waals surface area contributed by atoms with Gasteiger partial charge >= 0.3 is 0 Å². The lowest BCUT2D eigenvalue weighted by Gasteiger charge is -2.29. The molecule has 0 heterocycles. The van der Waals surface area contributed by atoms with E-state index in [2.05, 4.69) is 12.2 Å². The molecule has 1 aromatic carbocycles. The molecule has 1 fully saturated rings. The lowest BCUT2D eigenvalue weighted by atomic mass is 9.86. The van der Waals surface area contributed by atoms with E-state index in [9.17, 15) is 13.2 Å². The van der Waals surface area contributed by atoms with Crippen LogP contribution in [-0.4, -0.2) is 39.0 Å². The van der Waals surface area contributed by atoms with Gasteiger partial charge in [0.25, 0.3) is 15.9 Å². The van der Waals surface area contributed by atoms with E-state index in [0.29, 0.717) is 11.5 Å². The number of rotatable bonds is 5. The predicted molar refractivity (Wildman–Crippen MR) is 87.3 cm³/mol. The summed E-state index contributed by atoms with van der Waals surface area (Å²) < 4.78 is 25.0. The van der Waals surface area contributed by atoms with Gasteiger partial charge in [-0.15, -0.1) is 0 Å². The molecule has 7 heteroatoms. The minimum absolute atomic E-state index is 0.0874. The quantitative estimate of drug-likeness (QED) is 0.834. The summed E-state index contributed by atoms with van der Waals surface area (Å²) in [4.78, 5) is 17.1. The Morgan fingerprint density at radius 3 is 2.39 bits per heavy atom. The molecule has 1 N–H and O–H groups in total. The Labute approximate surface area is 137 Å². The Morgan fingerprint density at radius 2 is 1.83 bits per heavy atom. The zero-order valence-corrected chi connectivity index (χ0v) is 14.6. The summed E-state index contributed by atoms with van der Waals surface area (Å²) in [5.74, 6) is 0.315. The van der Waals surface area contributed by atoms with Gasteiger partial charge in [0.1, 0.15) is 0 Å². The summed E-state index contributed by atoms with van der Waals surface area (Å²) in [7, 11) is -1.09. The zero-order valence-electron chi connectivity index (χ0n) is 13.8. The van der Waals surface area contributed by atoms with Crippen molar-refractivity contribution in [3.8, 4) is 0 Å². The van der Waals surface area contributed by atoms with Gasteiger partial charge in [-0.2, -0.15) is 0 Å². The molecule has 128 valence electrons. The molecule has 6 nitrogen and oxygen atoms in total. The number of nitrogens with zero attached hydrogens (tertiary/aromatic N) is 1. The fraction of sp³-hybridized carbons (Fsp3) is 0.562. The fourth-order valence-electron chi connectivity index (χ4n) is 2.81. The number of nitrogens with one attached hydrogen (secondary N) is 1. The first-order chi connectivity index (χ1) is 10.9. The Balaban J connectivity index is 2.08. The smallest absolute Gasteiger partial charge is 0.264 e. The lowest BCUT2D eigenvalue weighted by molar-refractivity contribution is -0.0258. The van der Waals surface area contributed by atoms with E-state index in [1.807, 2.05) is 0 Å². The summed E-state index contributed by atoms with van der Waals surface area (Å²) in [6.07, 6.45) is 4.48. The summed E-state index contributed by atoms with van der Waals surface area (Å²) >= 11 is 0. The largest absolute Gasteiger partial charge is 0.349 e. The number of hydrogen-bond donors (Lipinski definition) is 1. The maximum absolute atomic E-state index is 12.3. The van der Waals surface area contributed by atoms with Crippen molar-refractivity contribution in [1.29, 1.82) is 0 Å². The molecule has 1 amide bonds. The maximum atomic E-state index is 12.3. The molecule has 2 rings (SSSR count). The van der Waals surface area contributed by atoms with Gasteiger partial charge in [-0.3, -0.25) is 9.63 Å². The van der Waals surface area contributed by atoms with Gasteiger partial charge in [0.15, 0.2) is 0 Å². The molecule has 0 aromatic heterocycles. The minimum Gasteiger partial charge on any atom is -0.349 e. The third-order valence-electron chi connectivity index (χ3n) is 4.44. The summed E-state index contributed by atoms with van der Waals surface area (Å²) in [5, 5.41) is 3.05. The highest BCUT2D eigenvalue weighted by Gasteiger charge is 2.24. The van der Waals surface area contributed by atoms with E-state index in [1.165, 1.54) is 44.8 Å². The Kier molecular flexibility index (Phi) is 5.78. The molecule has 1 aliphatic rings. The van der Waals surface area contributed by atoms with Crippen molar-refractivity contribution >= 4 is 15.9 Å². The van der Waals surface area contributed by atoms with Crippen LogP contribution in [0.5, 0.6) is 0 Å². The molecule has 0 bridgehead atoms. The molecule has 1 aliphatic carbocycles. The molecule has 0 unspecified atom stereocenters. The topological polar surface area (TPSA) is 75.7 Å². The van der Waals surface area contributed by atoms with Gasteiger partial charge in [-0.05, 0) is 43.0 Å². The molecule has 23 heavy (non-hydrogen) atoms. The summed E-state index contributed by atoms with van der Waals surface area (Å²) in [6, 6.07) is 6.09. The van der Waals surface area contributed by atoms with Crippen LogP contribution in [0.3, 0.4) is 0 Å². The maximum Gasteiger partial charge on any atom is 0.264 e. The molecule has 2 atom stereocenters. The summed E-state index contributed by atoms with van der Waals surface area (Å²) in [5.41, 5.74) is 0.460. The SMILES string of the molecule is CON(C)S(=O)(=O)c1ccc(C(=O)N[C@H]2CCCC[C@H]2C)cc1. The normalized spacial score (nSPS) is 22.1. The van der Waals surface area contributed by atoms with Crippen molar-refractivity contribution in [2.45, 2.75) is 43.5 Å².